The lowest BCUT2D eigenvalue weighted by atomic mass is 9.94. The average molecular weight is 1720 g/mol. The molecule has 53 heteroatoms. The van der Waals surface area contributed by atoms with E-state index in [-0.39, 0.29) is 0 Å². The van der Waals surface area contributed by atoms with E-state index in [9.17, 15) is 163 Å². The molecule has 0 radical (unpaired) electrons. The number of nitrogens with one attached hydrogen (secondary N) is 2. The van der Waals surface area contributed by atoms with Crippen molar-refractivity contribution in [3.63, 3.8) is 0 Å². The minimum Gasteiger partial charge on any atom is -0.394 e. The number of amides is 2. The SMILES string of the molecule is CC(=O)N[C@H]1[C@H](O[C@H]2[C@H](O)[C@@H](NC(C)=O)C(O)O[C@@H]2CO)O[C@H](CO)[C@@H](O[C@@H]2O[C@H](CO[C@H]3O[C@H](CO[C@H]4O[C@H](CO)[C@@H](O)[C@H](O)[C@@H]4O)[C@@H](O)[C@H](O[C@H]4O[C@H](CO)[C@@H](O)[C@H](O)[C@@H]4O)[C@@H]3O[C@@H]3O[C@@H]([C@H](O)CO)[C@H](O)[C@H]3O)[C@@H](O)[C@H](O[C@H]3O[C@H](CO)[C@@H](O)[C@H](O)[C@@H]3O[C@H]3O[C@H](CO)[C@@H](O)[C@H](O)[C@H]3O[C@H]3O[C@H](CO)[C@@H](O)[C@H](O)[C@@H]3O)[C@@H]2O)[C@@H]1O. The average Bonchev–Trinajstić information content (AvgIpc) is 1.13. The Labute approximate surface area is 660 Å². The van der Waals surface area contributed by atoms with Crippen LogP contribution in [-0.2, 0) is 99.6 Å². The van der Waals surface area contributed by atoms with Crippen LogP contribution in [0.25, 0.3) is 0 Å². The molecule has 117 heavy (non-hydrogen) atoms. The second-order valence-corrected chi connectivity index (χ2v) is 29.5. The normalized spacial score (nSPS) is 51.0. The van der Waals surface area contributed by atoms with Gasteiger partial charge in [0.2, 0.25) is 11.8 Å². The van der Waals surface area contributed by atoms with Gasteiger partial charge in [0, 0.05) is 13.8 Å². The molecule has 0 bridgehead atoms. The summed E-state index contributed by atoms with van der Waals surface area (Å²) in [5.74, 6) is -1.80. The van der Waals surface area contributed by atoms with Gasteiger partial charge < -0.3 is 254 Å². The first kappa shape index (κ1) is 96.2. The van der Waals surface area contributed by atoms with Gasteiger partial charge in [-0.05, 0) is 0 Å². The van der Waals surface area contributed by atoms with Crippen molar-refractivity contribution in [2.45, 2.75) is 321 Å². The van der Waals surface area contributed by atoms with Crippen LogP contribution in [0.1, 0.15) is 13.8 Å². The highest BCUT2D eigenvalue weighted by Gasteiger charge is 2.62. The van der Waals surface area contributed by atoms with Gasteiger partial charge in [0.15, 0.2) is 62.9 Å². The second-order valence-electron chi connectivity index (χ2n) is 29.5. The third-order valence-corrected chi connectivity index (χ3v) is 21.6. The van der Waals surface area contributed by atoms with E-state index in [0.717, 1.165) is 13.8 Å². The maximum atomic E-state index is 13.1. The summed E-state index contributed by atoms with van der Waals surface area (Å²) in [6, 6.07) is -3.68. The monoisotopic (exact) mass is 1720 g/mol. The molecule has 10 heterocycles. The van der Waals surface area contributed by atoms with Crippen molar-refractivity contribution >= 4 is 11.8 Å². The molecule has 0 aromatic rings. The molecule has 10 fully saturated rings. The predicted octanol–water partition coefficient (Wildman–Crippen LogP) is -22.5. The fraction of sp³-hybridized carbons (Fsp3) is 0.969. The number of hydrogen-bond donors (Lipinski definition) is 32. The minimum atomic E-state index is -2.68. The Morgan fingerprint density at radius 3 is 1.03 bits per heavy atom. The summed E-state index contributed by atoms with van der Waals surface area (Å²) in [5, 5.41) is 337. The number of ether oxygens (including phenoxy) is 19. The summed E-state index contributed by atoms with van der Waals surface area (Å²) in [7, 11) is 0. The van der Waals surface area contributed by atoms with Crippen LogP contribution in [0.2, 0.25) is 0 Å². The van der Waals surface area contributed by atoms with Gasteiger partial charge in [0.1, 0.15) is 244 Å². The Morgan fingerprint density at radius 1 is 0.265 bits per heavy atom. The summed E-state index contributed by atoms with van der Waals surface area (Å²) < 4.78 is 112. The van der Waals surface area contributed by atoms with E-state index in [2.05, 4.69) is 10.6 Å². The molecule has 10 aliphatic rings. The standard InChI is InChI=1S/C64H108N2O51/c1-13(75)65-25-34(85)48(21(9-73)101-55(25)98)111-56-26(66-14(2)76)35(86)49(22(10-74)107-56)112-61-46(97)50(113-63-53(40(91)31(82)19(7-71)105-63)116-64-52(39(90)30(81)20(8-72)106-64)115-59-44(95)38(89)29(80)18(6-70)104-59)32(83)23(108-61)12-100-62-54(117-60-45(96)41(92)47(110-60)15(77)3-67)51(114-58-43(94)37(88)28(79)17(5-69)103-58)33(84)24(109-62)11-99-57-42(93)36(87)27(78)16(4-68)102-57/h15-64,67-74,77-98H,3-12H2,1-2H3,(H,65,75)(H,66,76)/t15-,16-,17-,18-,19-,20-,21-,22-,23-,24-,25-,26-,27-,28-,29-,30-,31-,32-,33-,34-,35-,36+,37+,38+,39+,40+,41-,42+,43+,44+,45-,46+,47+,48-,49-,50+,51+,52-,53+,54+,55?,56+,57+,58-,59-,60+,61+,62+,63-,64-/m1/s1. The number of rotatable bonds is 31. The molecule has 0 saturated carbocycles. The molecule has 0 aliphatic carbocycles. The molecule has 1 unspecified atom stereocenters. The Morgan fingerprint density at radius 2 is 0.573 bits per heavy atom. The minimum absolute atomic E-state index is 0.813. The third kappa shape index (κ3) is 20.7. The van der Waals surface area contributed by atoms with E-state index in [4.69, 9.17) is 90.0 Å². The van der Waals surface area contributed by atoms with Crippen molar-refractivity contribution in [1.29, 1.82) is 0 Å². The van der Waals surface area contributed by atoms with Gasteiger partial charge in [0.25, 0.3) is 0 Å². The Hall–Kier alpha value is -3.02. The fourth-order valence-electron chi connectivity index (χ4n) is 15.0. The molecule has 32 N–H and O–H groups in total. The van der Waals surface area contributed by atoms with Crippen molar-refractivity contribution in [2.75, 3.05) is 66.1 Å². The highest BCUT2D eigenvalue weighted by atomic mass is 16.8. The highest BCUT2D eigenvalue weighted by molar-refractivity contribution is 5.73. The summed E-state index contributed by atoms with van der Waals surface area (Å²) in [5.41, 5.74) is 0. The van der Waals surface area contributed by atoms with Crippen molar-refractivity contribution < 1.29 is 253 Å². The van der Waals surface area contributed by atoms with Gasteiger partial charge in [-0.3, -0.25) is 9.59 Å². The first-order valence-corrected chi connectivity index (χ1v) is 37.2. The molecular formula is C64H108N2O51. The van der Waals surface area contributed by atoms with Gasteiger partial charge in [-0.15, -0.1) is 0 Å². The number of aliphatic hydroxyl groups excluding tert-OH is 30. The Bertz CT molecular complexity index is 3050. The van der Waals surface area contributed by atoms with Crippen LogP contribution in [0.15, 0.2) is 0 Å². The van der Waals surface area contributed by atoms with Crippen molar-refractivity contribution in [2.24, 2.45) is 0 Å². The third-order valence-electron chi connectivity index (χ3n) is 21.6. The van der Waals surface area contributed by atoms with E-state index < -0.39 is 385 Å². The van der Waals surface area contributed by atoms with Crippen LogP contribution in [0.4, 0.5) is 0 Å². The van der Waals surface area contributed by atoms with Gasteiger partial charge in [-0.2, -0.15) is 0 Å². The molecular weight excluding hydrogens is 1610 g/mol. The summed E-state index contributed by atoms with van der Waals surface area (Å²) >= 11 is 0. The van der Waals surface area contributed by atoms with Gasteiger partial charge in [0.05, 0.1) is 66.1 Å². The van der Waals surface area contributed by atoms with E-state index in [1.807, 2.05) is 0 Å². The van der Waals surface area contributed by atoms with Crippen LogP contribution >= 0.6 is 0 Å². The van der Waals surface area contributed by atoms with Gasteiger partial charge in [-0.25, -0.2) is 0 Å². The van der Waals surface area contributed by atoms with Crippen LogP contribution < -0.4 is 10.6 Å². The van der Waals surface area contributed by atoms with Crippen LogP contribution in [0.5, 0.6) is 0 Å². The molecule has 0 spiro atoms. The topological polar surface area (TPSA) is 840 Å². The number of carbonyl (C=O) groups excluding carboxylic acids is 2. The zero-order valence-corrected chi connectivity index (χ0v) is 61.9. The van der Waals surface area contributed by atoms with Crippen LogP contribution in [-0.4, -0.2) is 538 Å². The molecule has 10 saturated heterocycles. The smallest absolute Gasteiger partial charge is 0.217 e. The number of carbonyl (C=O) groups is 2. The van der Waals surface area contributed by atoms with Gasteiger partial charge >= 0.3 is 0 Å². The largest absolute Gasteiger partial charge is 0.394 e. The van der Waals surface area contributed by atoms with Crippen molar-refractivity contribution in [1.82, 2.24) is 10.6 Å². The Balaban J connectivity index is 1.04. The number of hydrogen-bond acceptors (Lipinski definition) is 51. The van der Waals surface area contributed by atoms with E-state index >= 15 is 0 Å². The molecule has 0 aromatic carbocycles. The number of aliphatic hydroxyl groups is 30. The first-order valence-electron chi connectivity index (χ1n) is 37.2. The summed E-state index contributed by atoms with van der Waals surface area (Å²) in [6.45, 7) is -9.52. The predicted molar refractivity (Wildman–Crippen MR) is 353 cm³/mol. The van der Waals surface area contributed by atoms with E-state index in [0.29, 0.717) is 0 Å². The van der Waals surface area contributed by atoms with Crippen molar-refractivity contribution in [3.05, 3.63) is 0 Å². The zero-order valence-electron chi connectivity index (χ0n) is 61.9. The molecule has 50 atom stereocenters. The maximum absolute atomic E-state index is 13.1. The lowest BCUT2D eigenvalue weighted by Crippen LogP contribution is -2.70. The van der Waals surface area contributed by atoms with E-state index in [1.165, 1.54) is 0 Å². The molecule has 0 aromatic heterocycles. The van der Waals surface area contributed by atoms with Crippen LogP contribution in [0.3, 0.4) is 0 Å². The van der Waals surface area contributed by atoms with Gasteiger partial charge in [-0.1, -0.05) is 0 Å². The quantitative estimate of drug-likeness (QED) is 0.0306. The lowest BCUT2D eigenvalue weighted by Gasteiger charge is -2.51. The summed E-state index contributed by atoms with van der Waals surface area (Å²) in [4.78, 5) is 25.3. The molecule has 2 amide bonds. The second kappa shape index (κ2) is 41.9. The molecule has 680 valence electrons. The molecule has 53 nitrogen and oxygen atoms in total. The molecule has 10 aliphatic heterocycles. The zero-order chi connectivity index (χ0) is 85.9. The maximum Gasteiger partial charge on any atom is 0.217 e. The lowest BCUT2D eigenvalue weighted by molar-refractivity contribution is -0.409. The van der Waals surface area contributed by atoms with Crippen LogP contribution in [0, 0.1) is 0 Å². The van der Waals surface area contributed by atoms with Crippen molar-refractivity contribution in [3.8, 4) is 0 Å². The van der Waals surface area contributed by atoms with E-state index in [1.54, 1.807) is 0 Å². The first-order chi connectivity index (χ1) is 55.4. The Kier molecular flexibility index (Phi) is 34.4. The fourth-order valence-corrected chi connectivity index (χ4v) is 15.0. The molecule has 10 rings (SSSR count). The summed E-state index contributed by atoms with van der Waals surface area (Å²) in [6.07, 6.45) is -105. The highest BCUT2D eigenvalue weighted by Crippen LogP contribution is 2.41.